The van der Waals surface area contributed by atoms with E-state index in [9.17, 15) is 4.79 Å². The standard InChI is InChI=1S/C21H29ClN4OS/c1-3-24(4-2)20(17-8-13-28-16-17)15-23-21(27)26-11-9-25(10-12-26)19-7-5-6-18(22)14-19/h5-8,13-14,16,20H,3-4,9-12,15H2,1-2H3,(H,23,27). The first-order chi connectivity index (χ1) is 13.6. The highest BCUT2D eigenvalue weighted by Crippen LogP contribution is 2.23. The summed E-state index contributed by atoms with van der Waals surface area (Å²) in [7, 11) is 0. The Morgan fingerprint density at radius 1 is 1.21 bits per heavy atom. The van der Waals surface area contributed by atoms with Gasteiger partial charge >= 0.3 is 6.03 Å². The number of halogens is 1. The molecule has 1 atom stereocenters. The summed E-state index contributed by atoms with van der Waals surface area (Å²) in [5.41, 5.74) is 2.39. The van der Waals surface area contributed by atoms with Gasteiger partial charge in [-0.15, -0.1) is 0 Å². The summed E-state index contributed by atoms with van der Waals surface area (Å²) in [5.74, 6) is 0. The lowest BCUT2D eigenvalue weighted by molar-refractivity contribution is 0.180. The zero-order chi connectivity index (χ0) is 19.9. The SMILES string of the molecule is CCN(CC)C(CNC(=O)N1CCN(c2cccc(Cl)c2)CC1)c1ccsc1. The summed E-state index contributed by atoms with van der Waals surface area (Å²) >= 11 is 7.80. The van der Waals surface area contributed by atoms with Crippen molar-refractivity contribution in [3.63, 3.8) is 0 Å². The van der Waals surface area contributed by atoms with E-state index in [1.165, 1.54) is 5.56 Å². The second kappa shape index (κ2) is 10.1. The molecule has 7 heteroatoms. The second-order valence-corrected chi connectivity index (χ2v) is 8.15. The number of nitrogens with one attached hydrogen (secondary N) is 1. The van der Waals surface area contributed by atoms with Gasteiger partial charge in [-0.25, -0.2) is 4.79 Å². The molecule has 0 aliphatic carbocycles. The molecule has 28 heavy (non-hydrogen) atoms. The van der Waals surface area contributed by atoms with Crippen LogP contribution in [-0.2, 0) is 0 Å². The molecule has 1 aliphatic rings. The Bertz CT molecular complexity index is 743. The molecule has 1 saturated heterocycles. The number of thiophene rings is 1. The summed E-state index contributed by atoms with van der Waals surface area (Å²) in [6.07, 6.45) is 0. The first-order valence-electron chi connectivity index (χ1n) is 9.91. The molecule has 3 rings (SSSR count). The number of carbonyl (C=O) groups excluding carboxylic acids is 1. The smallest absolute Gasteiger partial charge is 0.317 e. The Morgan fingerprint density at radius 2 is 1.96 bits per heavy atom. The Kier molecular flexibility index (Phi) is 7.59. The number of hydrogen-bond donors (Lipinski definition) is 1. The predicted octanol–water partition coefficient (Wildman–Crippen LogP) is 4.32. The number of rotatable bonds is 7. The van der Waals surface area contributed by atoms with Gasteiger partial charge in [-0.05, 0) is 53.7 Å². The molecule has 0 radical (unpaired) electrons. The van der Waals surface area contributed by atoms with E-state index in [1.54, 1.807) is 11.3 Å². The molecule has 1 aliphatic heterocycles. The third kappa shape index (κ3) is 5.19. The Labute approximate surface area is 176 Å². The van der Waals surface area contributed by atoms with E-state index in [-0.39, 0.29) is 12.1 Å². The number of likely N-dealkylation sites (N-methyl/N-ethyl adjacent to an activating group) is 1. The quantitative estimate of drug-likeness (QED) is 0.725. The number of carbonyl (C=O) groups is 1. The average Bonchev–Trinajstić information content (AvgIpc) is 3.25. The van der Waals surface area contributed by atoms with Gasteiger partial charge in [0.1, 0.15) is 0 Å². The van der Waals surface area contributed by atoms with E-state index >= 15 is 0 Å². The van der Waals surface area contributed by atoms with E-state index < -0.39 is 0 Å². The van der Waals surface area contributed by atoms with Crippen molar-refractivity contribution in [3.8, 4) is 0 Å². The lowest BCUT2D eigenvalue weighted by atomic mass is 10.1. The van der Waals surface area contributed by atoms with Crippen LogP contribution in [0.4, 0.5) is 10.5 Å². The fourth-order valence-electron chi connectivity index (χ4n) is 3.72. The first kappa shape index (κ1) is 21.0. The number of hydrogen-bond acceptors (Lipinski definition) is 4. The molecule has 152 valence electrons. The number of nitrogens with zero attached hydrogens (tertiary/aromatic N) is 3. The van der Waals surface area contributed by atoms with Crippen LogP contribution in [0.15, 0.2) is 41.1 Å². The van der Waals surface area contributed by atoms with Crippen LogP contribution < -0.4 is 10.2 Å². The van der Waals surface area contributed by atoms with E-state index in [4.69, 9.17) is 11.6 Å². The van der Waals surface area contributed by atoms with Gasteiger partial charge in [0, 0.05) is 43.4 Å². The highest BCUT2D eigenvalue weighted by Gasteiger charge is 2.24. The summed E-state index contributed by atoms with van der Waals surface area (Å²) in [6, 6.07) is 10.3. The number of benzene rings is 1. The molecule has 1 unspecified atom stereocenters. The fourth-order valence-corrected chi connectivity index (χ4v) is 4.61. The summed E-state index contributed by atoms with van der Waals surface area (Å²) in [5, 5.41) is 8.19. The minimum Gasteiger partial charge on any atom is -0.368 e. The maximum Gasteiger partial charge on any atom is 0.317 e. The molecule has 5 nitrogen and oxygen atoms in total. The molecule has 0 saturated carbocycles. The van der Waals surface area contributed by atoms with Gasteiger partial charge in [0.15, 0.2) is 0 Å². The third-order valence-corrected chi connectivity index (χ3v) is 6.30. The van der Waals surface area contributed by atoms with Crippen LogP contribution in [0.25, 0.3) is 0 Å². The monoisotopic (exact) mass is 420 g/mol. The number of piperazine rings is 1. The second-order valence-electron chi connectivity index (χ2n) is 6.93. The molecular formula is C21H29ClN4OS. The van der Waals surface area contributed by atoms with Crippen molar-refractivity contribution in [2.24, 2.45) is 0 Å². The van der Waals surface area contributed by atoms with Crippen LogP contribution in [0.2, 0.25) is 5.02 Å². The van der Waals surface area contributed by atoms with Crippen LogP contribution in [0, 0.1) is 0 Å². The first-order valence-corrected chi connectivity index (χ1v) is 11.2. The van der Waals surface area contributed by atoms with Gasteiger partial charge in [0.2, 0.25) is 0 Å². The molecule has 0 spiro atoms. The van der Waals surface area contributed by atoms with E-state index in [1.807, 2.05) is 23.1 Å². The average molecular weight is 421 g/mol. The van der Waals surface area contributed by atoms with Gasteiger partial charge in [-0.1, -0.05) is 31.5 Å². The molecular weight excluding hydrogens is 392 g/mol. The topological polar surface area (TPSA) is 38.8 Å². The third-order valence-electron chi connectivity index (χ3n) is 5.37. The lowest BCUT2D eigenvalue weighted by Crippen LogP contribution is -2.52. The van der Waals surface area contributed by atoms with Crippen LogP contribution >= 0.6 is 22.9 Å². The van der Waals surface area contributed by atoms with Crippen LogP contribution in [-0.4, -0.2) is 61.6 Å². The Balaban J connectivity index is 1.53. The number of anilines is 1. The van der Waals surface area contributed by atoms with Gasteiger partial charge in [0.05, 0.1) is 6.04 Å². The Morgan fingerprint density at radius 3 is 2.57 bits per heavy atom. The van der Waals surface area contributed by atoms with Crippen LogP contribution in [0.5, 0.6) is 0 Å². The van der Waals surface area contributed by atoms with Gasteiger partial charge < -0.3 is 15.1 Å². The lowest BCUT2D eigenvalue weighted by Gasteiger charge is -2.37. The van der Waals surface area contributed by atoms with Crippen molar-refractivity contribution < 1.29 is 4.79 Å². The molecule has 1 aromatic carbocycles. The predicted molar refractivity (Wildman–Crippen MR) is 119 cm³/mol. The van der Waals surface area contributed by atoms with E-state index in [0.717, 1.165) is 36.9 Å². The van der Waals surface area contributed by atoms with E-state index in [0.29, 0.717) is 19.6 Å². The maximum atomic E-state index is 12.7. The zero-order valence-electron chi connectivity index (χ0n) is 16.6. The molecule has 2 aromatic rings. The largest absolute Gasteiger partial charge is 0.368 e. The molecule has 0 bridgehead atoms. The van der Waals surface area contributed by atoms with Crippen molar-refractivity contribution >= 4 is 34.7 Å². The molecule has 1 N–H and O–H groups in total. The minimum absolute atomic E-state index is 0.0260. The summed E-state index contributed by atoms with van der Waals surface area (Å²) in [4.78, 5) is 19.3. The molecule has 1 aromatic heterocycles. The van der Waals surface area contributed by atoms with Crippen molar-refractivity contribution in [1.82, 2.24) is 15.1 Å². The highest BCUT2D eigenvalue weighted by atomic mass is 35.5. The summed E-state index contributed by atoms with van der Waals surface area (Å²) in [6.45, 7) is 9.96. The highest BCUT2D eigenvalue weighted by molar-refractivity contribution is 7.08. The van der Waals surface area contributed by atoms with Gasteiger partial charge in [-0.3, -0.25) is 4.90 Å². The van der Waals surface area contributed by atoms with Gasteiger partial charge in [-0.2, -0.15) is 11.3 Å². The van der Waals surface area contributed by atoms with Gasteiger partial charge in [0.25, 0.3) is 0 Å². The minimum atomic E-state index is 0.0260. The number of amides is 2. The normalized spacial score (nSPS) is 15.7. The van der Waals surface area contributed by atoms with Crippen molar-refractivity contribution in [3.05, 3.63) is 51.7 Å². The summed E-state index contributed by atoms with van der Waals surface area (Å²) < 4.78 is 0. The van der Waals surface area contributed by atoms with Crippen molar-refractivity contribution in [1.29, 1.82) is 0 Å². The van der Waals surface area contributed by atoms with E-state index in [2.05, 4.69) is 51.9 Å². The zero-order valence-corrected chi connectivity index (χ0v) is 18.2. The Hall–Kier alpha value is -1.76. The molecule has 1 fully saturated rings. The van der Waals surface area contributed by atoms with Crippen LogP contribution in [0.1, 0.15) is 25.5 Å². The van der Waals surface area contributed by atoms with Crippen LogP contribution in [0.3, 0.4) is 0 Å². The molecule has 2 amide bonds. The molecule has 2 heterocycles. The van der Waals surface area contributed by atoms with Crippen molar-refractivity contribution in [2.75, 3.05) is 50.7 Å². The maximum absolute atomic E-state index is 12.7. The fraction of sp³-hybridized carbons (Fsp3) is 0.476. The van der Waals surface area contributed by atoms with Crippen molar-refractivity contribution in [2.45, 2.75) is 19.9 Å². The number of urea groups is 1.